The summed E-state index contributed by atoms with van der Waals surface area (Å²) in [4.78, 5) is 32.3. The van der Waals surface area contributed by atoms with Crippen LogP contribution in [0.15, 0.2) is 58.5 Å². The van der Waals surface area contributed by atoms with Crippen LogP contribution in [0, 0.1) is 0 Å². The number of nitrogens with one attached hydrogen (secondary N) is 4. The summed E-state index contributed by atoms with van der Waals surface area (Å²) in [5, 5.41) is 6.78. The number of aromatic amines is 4. The van der Waals surface area contributed by atoms with Gasteiger partial charge in [-0.05, 0) is 11.6 Å². The molecule has 0 radical (unpaired) electrons. The predicted molar refractivity (Wildman–Crippen MR) is 81.4 cm³/mol. The number of benzene rings is 1. The molecule has 3 heterocycles. The molecule has 110 valence electrons. The zero-order chi connectivity index (χ0) is 15.4. The maximum Gasteiger partial charge on any atom is 0.327 e. The first kappa shape index (κ1) is 13.6. The van der Waals surface area contributed by atoms with E-state index in [0.29, 0.717) is 0 Å². The summed E-state index contributed by atoms with van der Waals surface area (Å²) < 4.78 is 0. The number of rotatable bonds is 1. The van der Waals surface area contributed by atoms with Gasteiger partial charge in [0.1, 0.15) is 5.52 Å². The maximum atomic E-state index is 10.9. The Morgan fingerprint density at radius 3 is 2.50 bits per heavy atom. The number of nitrogens with zero attached hydrogens (tertiary/aromatic N) is 2. The van der Waals surface area contributed by atoms with E-state index in [9.17, 15) is 9.59 Å². The highest BCUT2D eigenvalue weighted by Gasteiger charge is 2.00. The molecular weight excluding hydrogens is 284 g/mol. The van der Waals surface area contributed by atoms with Crippen LogP contribution in [0.5, 0.6) is 0 Å². The van der Waals surface area contributed by atoms with E-state index in [1.165, 1.54) is 11.9 Å². The van der Waals surface area contributed by atoms with Crippen LogP contribution >= 0.6 is 0 Å². The topological polar surface area (TPSA) is 123 Å². The van der Waals surface area contributed by atoms with E-state index in [1.807, 2.05) is 36.4 Å². The van der Waals surface area contributed by atoms with E-state index < -0.39 is 11.2 Å². The molecule has 0 bridgehead atoms. The molecule has 1 aromatic carbocycles. The second-order valence-corrected chi connectivity index (χ2v) is 4.37. The number of H-pyrrole nitrogens is 4. The molecule has 0 amide bonds. The van der Waals surface area contributed by atoms with Crippen LogP contribution in [-0.4, -0.2) is 30.1 Å². The van der Waals surface area contributed by atoms with E-state index >= 15 is 0 Å². The van der Waals surface area contributed by atoms with Gasteiger partial charge in [-0.2, -0.15) is 5.10 Å². The average molecular weight is 296 g/mol. The summed E-state index contributed by atoms with van der Waals surface area (Å²) in [7, 11) is 0. The number of hydrogen-bond donors (Lipinski definition) is 4. The zero-order valence-corrected chi connectivity index (χ0v) is 11.3. The van der Waals surface area contributed by atoms with Gasteiger partial charge in [0.15, 0.2) is 5.65 Å². The normalized spacial score (nSPS) is 10.2. The van der Waals surface area contributed by atoms with Crippen LogP contribution in [0.2, 0.25) is 0 Å². The van der Waals surface area contributed by atoms with Gasteiger partial charge < -0.3 is 4.98 Å². The molecule has 0 saturated carbocycles. The Bertz CT molecular complexity index is 966. The summed E-state index contributed by atoms with van der Waals surface area (Å²) in [6.07, 6.45) is 3.10. The van der Waals surface area contributed by atoms with Gasteiger partial charge in [0.2, 0.25) is 0 Å². The Morgan fingerprint density at radius 1 is 0.955 bits per heavy atom. The number of imidazole rings is 1. The Morgan fingerprint density at radius 2 is 1.77 bits per heavy atom. The Hall–Kier alpha value is -3.42. The lowest BCUT2D eigenvalue weighted by molar-refractivity contribution is 1.07. The lowest BCUT2D eigenvalue weighted by Gasteiger charge is -1.93. The van der Waals surface area contributed by atoms with Crippen LogP contribution in [0.4, 0.5) is 0 Å². The number of aromatic nitrogens is 6. The Kier molecular flexibility index (Phi) is 3.65. The van der Waals surface area contributed by atoms with Crippen molar-refractivity contribution in [3.8, 4) is 11.3 Å². The van der Waals surface area contributed by atoms with E-state index in [1.54, 1.807) is 6.20 Å². The largest absolute Gasteiger partial charge is 0.339 e. The molecule has 0 atom stereocenters. The first-order valence-corrected chi connectivity index (χ1v) is 6.44. The highest BCUT2D eigenvalue weighted by Crippen LogP contribution is 2.13. The number of fused-ring (bicyclic) bond motifs is 1. The van der Waals surface area contributed by atoms with E-state index in [-0.39, 0.29) is 11.2 Å². The molecule has 8 nitrogen and oxygen atoms in total. The maximum absolute atomic E-state index is 10.9. The van der Waals surface area contributed by atoms with Crippen LogP contribution < -0.4 is 11.2 Å². The van der Waals surface area contributed by atoms with Crippen LogP contribution in [0.25, 0.3) is 22.4 Å². The molecule has 0 aliphatic heterocycles. The van der Waals surface area contributed by atoms with Gasteiger partial charge in [-0.1, -0.05) is 30.3 Å². The smallest absolute Gasteiger partial charge is 0.327 e. The molecule has 4 rings (SSSR count). The summed E-state index contributed by atoms with van der Waals surface area (Å²) in [5.41, 5.74) is 1.79. The van der Waals surface area contributed by atoms with Crippen molar-refractivity contribution < 1.29 is 0 Å². The van der Waals surface area contributed by atoms with Gasteiger partial charge in [-0.3, -0.25) is 19.9 Å². The first-order chi connectivity index (χ1) is 10.7. The van der Waals surface area contributed by atoms with Crippen molar-refractivity contribution in [1.82, 2.24) is 30.1 Å². The predicted octanol–water partition coefficient (Wildman–Crippen LogP) is 1.02. The van der Waals surface area contributed by atoms with E-state index in [4.69, 9.17) is 0 Å². The second-order valence-electron chi connectivity index (χ2n) is 4.37. The minimum atomic E-state index is -0.547. The van der Waals surface area contributed by atoms with Crippen LogP contribution in [0.3, 0.4) is 0 Å². The van der Waals surface area contributed by atoms with Crippen molar-refractivity contribution in [2.45, 2.75) is 0 Å². The van der Waals surface area contributed by atoms with E-state index in [2.05, 4.69) is 30.1 Å². The third kappa shape index (κ3) is 2.85. The molecule has 8 heteroatoms. The summed E-state index contributed by atoms with van der Waals surface area (Å²) >= 11 is 0. The lowest BCUT2D eigenvalue weighted by atomic mass is 10.2. The first-order valence-electron chi connectivity index (χ1n) is 6.44. The minimum absolute atomic E-state index is 0.277. The molecule has 0 unspecified atom stereocenters. The fourth-order valence-electron chi connectivity index (χ4n) is 1.90. The van der Waals surface area contributed by atoms with Gasteiger partial charge in [-0.25, -0.2) is 9.78 Å². The van der Waals surface area contributed by atoms with Crippen molar-refractivity contribution in [1.29, 1.82) is 0 Å². The van der Waals surface area contributed by atoms with E-state index in [0.717, 1.165) is 5.69 Å². The summed E-state index contributed by atoms with van der Waals surface area (Å²) in [6, 6.07) is 12.1. The SMILES string of the molecule is O=c1[nH]c(=O)c2[nH]cnc2[nH]1.c1ccc(-c2ccn[nH]2)cc1. The highest BCUT2D eigenvalue weighted by molar-refractivity contribution is 5.67. The van der Waals surface area contributed by atoms with Gasteiger partial charge in [-0.15, -0.1) is 0 Å². The van der Waals surface area contributed by atoms with Crippen molar-refractivity contribution in [3.63, 3.8) is 0 Å². The molecule has 0 aliphatic carbocycles. The van der Waals surface area contributed by atoms with Gasteiger partial charge >= 0.3 is 5.69 Å². The summed E-state index contributed by atoms with van der Waals surface area (Å²) in [5.74, 6) is 0. The Labute approximate surface area is 123 Å². The fourth-order valence-corrected chi connectivity index (χ4v) is 1.90. The fraction of sp³-hybridized carbons (Fsp3) is 0. The van der Waals surface area contributed by atoms with Crippen molar-refractivity contribution >= 4 is 11.2 Å². The molecule has 0 aliphatic rings. The summed E-state index contributed by atoms with van der Waals surface area (Å²) in [6.45, 7) is 0. The molecule has 4 N–H and O–H groups in total. The molecule has 0 saturated heterocycles. The lowest BCUT2D eigenvalue weighted by Crippen LogP contribution is -2.21. The van der Waals surface area contributed by atoms with Crippen molar-refractivity contribution in [2.75, 3.05) is 0 Å². The molecule has 0 spiro atoms. The standard InChI is InChI=1S/C9H8N2.C5H4N4O2/c1-2-4-8(5-3-1)9-6-7-10-11-9;10-4-2-3(7-1-6-2)8-5(11)9-4/h1-7H,(H,10,11);1H,(H3,6,7,8,9,10,11). The van der Waals surface area contributed by atoms with Gasteiger partial charge in [0.05, 0.1) is 12.0 Å². The zero-order valence-electron chi connectivity index (χ0n) is 11.3. The molecule has 4 aromatic rings. The molecule has 3 aromatic heterocycles. The third-order valence-electron chi connectivity index (χ3n) is 2.91. The van der Waals surface area contributed by atoms with Gasteiger partial charge in [0.25, 0.3) is 5.56 Å². The third-order valence-corrected chi connectivity index (χ3v) is 2.91. The molecular formula is C14H12N6O2. The molecule has 0 fully saturated rings. The van der Waals surface area contributed by atoms with Crippen LogP contribution in [0.1, 0.15) is 0 Å². The average Bonchev–Trinajstić information content (AvgIpc) is 3.20. The van der Waals surface area contributed by atoms with Crippen LogP contribution in [-0.2, 0) is 0 Å². The van der Waals surface area contributed by atoms with Crippen molar-refractivity contribution in [3.05, 3.63) is 69.8 Å². The molecule has 22 heavy (non-hydrogen) atoms. The minimum Gasteiger partial charge on any atom is -0.339 e. The Balaban J connectivity index is 0.000000131. The second kappa shape index (κ2) is 5.92. The highest BCUT2D eigenvalue weighted by atomic mass is 16.2. The number of hydrogen-bond acceptors (Lipinski definition) is 4. The quantitative estimate of drug-likeness (QED) is 0.418. The van der Waals surface area contributed by atoms with Gasteiger partial charge in [0, 0.05) is 6.20 Å². The van der Waals surface area contributed by atoms with Crippen molar-refractivity contribution in [2.24, 2.45) is 0 Å². The monoisotopic (exact) mass is 296 g/mol.